The number of amides is 1. The first-order chi connectivity index (χ1) is 19.2. The molecular weight excluding hydrogens is 529 g/mol. The number of aromatic amines is 1. The molecular formula is C30H26F5N3O2. The number of hydrogen-bond donors (Lipinski definition) is 2. The number of rotatable bonds is 7. The number of aromatic nitrogens is 2. The van der Waals surface area contributed by atoms with Gasteiger partial charge in [0.2, 0.25) is 5.82 Å². The molecule has 0 bridgehead atoms. The standard InChI is InChI=1S/C30H26F5N3O2/c31-24-23(25(32)27(34)28(35)26(24)33)22(39)14-9-16-7-10-17(11-8-16)29-37-20-13-12-18(15-21(20)38-29)30(40)36-19-5-3-1-2-4-6-19/h7-8,10-13,15,19H,1-6,9,14H2,(H,36,40)(H,37,38). The molecule has 10 heteroatoms. The molecule has 1 heterocycles. The Morgan fingerprint density at radius 3 is 2.10 bits per heavy atom. The first-order valence-electron chi connectivity index (χ1n) is 13.2. The molecule has 0 radical (unpaired) electrons. The van der Waals surface area contributed by atoms with Gasteiger partial charge in [-0.1, -0.05) is 49.9 Å². The van der Waals surface area contributed by atoms with Crippen LogP contribution in [-0.4, -0.2) is 27.7 Å². The van der Waals surface area contributed by atoms with E-state index in [0.717, 1.165) is 31.2 Å². The predicted molar refractivity (Wildman–Crippen MR) is 139 cm³/mol. The molecule has 1 aliphatic carbocycles. The molecule has 0 atom stereocenters. The second-order valence-electron chi connectivity index (χ2n) is 10.0. The van der Waals surface area contributed by atoms with Gasteiger partial charge in [0.1, 0.15) is 5.82 Å². The molecule has 0 unspecified atom stereocenters. The number of halogens is 5. The minimum absolute atomic E-state index is 0.0260. The number of fused-ring (bicyclic) bond motifs is 1. The van der Waals surface area contributed by atoms with Crippen molar-refractivity contribution in [3.63, 3.8) is 0 Å². The van der Waals surface area contributed by atoms with E-state index in [-0.39, 0.29) is 18.4 Å². The molecule has 1 saturated carbocycles. The van der Waals surface area contributed by atoms with Crippen molar-refractivity contribution in [2.75, 3.05) is 0 Å². The van der Waals surface area contributed by atoms with Gasteiger partial charge in [0.25, 0.3) is 5.91 Å². The molecule has 1 amide bonds. The third-order valence-corrected chi connectivity index (χ3v) is 7.29. The van der Waals surface area contributed by atoms with Crippen molar-refractivity contribution in [2.45, 2.75) is 57.4 Å². The zero-order chi connectivity index (χ0) is 28.4. The summed E-state index contributed by atoms with van der Waals surface area (Å²) in [6, 6.07) is 12.3. The minimum atomic E-state index is -2.30. The topological polar surface area (TPSA) is 74.8 Å². The van der Waals surface area contributed by atoms with E-state index >= 15 is 0 Å². The van der Waals surface area contributed by atoms with Crippen LogP contribution < -0.4 is 5.32 Å². The number of nitrogens with zero attached hydrogens (tertiary/aromatic N) is 1. The highest BCUT2D eigenvalue weighted by molar-refractivity contribution is 5.98. The van der Waals surface area contributed by atoms with Crippen molar-refractivity contribution >= 4 is 22.7 Å². The molecule has 40 heavy (non-hydrogen) atoms. The molecule has 0 saturated heterocycles. The predicted octanol–water partition coefficient (Wildman–Crippen LogP) is 7.19. The van der Waals surface area contributed by atoms with Crippen LogP contribution in [0.4, 0.5) is 22.0 Å². The van der Waals surface area contributed by atoms with E-state index < -0.39 is 46.9 Å². The molecule has 2 N–H and O–H groups in total. The molecule has 5 nitrogen and oxygen atoms in total. The zero-order valence-electron chi connectivity index (χ0n) is 21.4. The first-order valence-corrected chi connectivity index (χ1v) is 13.2. The highest BCUT2D eigenvalue weighted by Gasteiger charge is 2.29. The van der Waals surface area contributed by atoms with Crippen LogP contribution in [0.25, 0.3) is 22.4 Å². The summed E-state index contributed by atoms with van der Waals surface area (Å²) in [5.41, 5.74) is 1.82. The Kier molecular flexibility index (Phi) is 7.95. The van der Waals surface area contributed by atoms with Gasteiger partial charge < -0.3 is 10.3 Å². The van der Waals surface area contributed by atoms with Crippen molar-refractivity contribution in [1.82, 2.24) is 15.3 Å². The van der Waals surface area contributed by atoms with Gasteiger partial charge in [-0.2, -0.15) is 0 Å². The average Bonchev–Trinajstić information content (AvgIpc) is 3.22. The first kappa shape index (κ1) is 27.5. The summed E-state index contributed by atoms with van der Waals surface area (Å²) >= 11 is 0. The zero-order valence-corrected chi connectivity index (χ0v) is 21.4. The van der Waals surface area contributed by atoms with Gasteiger partial charge in [-0.05, 0) is 43.0 Å². The fourth-order valence-electron chi connectivity index (χ4n) is 5.04. The Labute approximate surface area is 226 Å². The fraction of sp³-hybridized carbons (Fsp3) is 0.300. The van der Waals surface area contributed by atoms with E-state index in [0.29, 0.717) is 28.0 Å². The minimum Gasteiger partial charge on any atom is -0.349 e. The number of imidazole rings is 1. The Morgan fingerprint density at radius 1 is 0.825 bits per heavy atom. The van der Waals surface area contributed by atoms with Crippen LogP contribution in [0.3, 0.4) is 0 Å². The van der Waals surface area contributed by atoms with Crippen molar-refractivity contribution in [2.24, 2.45) is 0 Å². The number of nitrogens with one attached hydrogen (secondary N) is 2. The van der Waals surface area contributed by atoms with Gasteiger partial charge >= 0.3 is 0 Å². The second kappa shape index (κ2) is 11.6. The number of aryl methyl sites for hydroxylation is 1. The highest BCUT2D eigenvalue weighted by atomic mass is 19.2. The number of carbonyl (C=O) groups excluding carboxylic acids is 2. The normalized spacial score (nSPS) is 14.3. The lowest BCUT2D eigenvalue weighted by atomic mass is 10.0. The second-order valence-corrected chi connectivity index (χ2v) is 10.0. The third kappa shape index (κ3) is 5.61. The summed E-state index contributed by atoms with van der Waals surface area (Å²) in [6.45, 7) is 0. The lowest BCUT2D eigenvalue weighted by molar-refractivity contribution is 0.0931. The summed E-state index contributed by atoms with van der Waals surface area (Å²) in [5.74, 6) is -11.6. The van der Waals surface area contributed by atoms with Crippen LogP contribution in [0.15, 0.2) is 42.5 Å². The molecule has 1 aliphatic rings. The average molecular weight is 556 g/mol. The van der Waals surface area contributed by atoms with Crippen molar-refractivity contribution in [1.29, 1.82) is 0 Å². The van der Waals surface area contributed by atoms with Crippen LogP contribution in [0.5, 0.6) is 0 Å². The van der Waals surface area contributed by atoms with E-state index in [2.05, 4.69) is 15.3 Å². The van der Waals surface area contributed by atoms with Crippen LogP contribution in [0, 0.1) is 29.1 Å². The Balaban J connectivity index is 1.25. The van der Waals surface area contributed by atoms with E-state index in [1.807, 2.05) is 0 Å². The van der Waals surface area contributed by atoms with E-state index in [9.17, 15) is 31.5 Å². The van der Waals surface area contributed by atoms with Crippen LogP contribution in [0.1, 0.15) is 71.2 Å². The molecule has 0 spiro atoms. The smallest absolute Gasteiger partial charge is 0.251 e. The molecule has 5 rings (SSSR count). The van der Waals surface area contributed by atoms with Crippen LogP contribution in [0.2, 0.25) is 0 Å². The molecule has 1 aromatic heterocycles. The lowest BCUT2D eigenvalue weighted by Crippen LogP contribution is -2.34. The van der Waals surface area contributed by atoms with Crippen molar-refractivity contribution < 1.29 is 31.5 Å². The maximum atomic E-state index is 13.9. The quantitative estimate of drug-likeness (QED) is 0.0833. The lowest BCUT2D eigenvalue weighted by Gasteiger charge is -2.16. The van der Waals surface area contributed by atoms with Gasteiger partial charge in [-0.25, -0.2) is 26.9 Å². The summed E-state index contributed by atoms with van der Waals surface area (Å²) < 4.78 is 68.0. The highest BCUT2D eigenvalue weighted by Crippen LogP contribution is 2.26. The van der Waals surface area contributed by atoms with Crippen molar-refractivity contribution in [3.05, 3.63) is 88.2 Å². The monoisotopic (exact) mass is 555 g/mol. The van der Waals surface area contributed by atoms with Crippen LogP contribution in [-0.2, 0) is 6.42 Å². The molecule has 4 aromatic rings. The summed E-state index contributed by atoms with van der Waals surface area (Å²) in [5, 5.41) is 3.14. The Morgan fingerprint density at radius 2 is 1.45 bits per heavy atom. The van der Waals surface area contributed by atoms with Gasteiger partial charge in [-0.3, -0.25) is 9.59 Å². The Bertz CT molecular complexity index is 1550. The third-order valence-electron chi connectivity index (χ3n) is 7.29. The number of benzene rings is 3. The maximum absolute atomic E-state index is 13.9. The van der Waals surface area contributed by atoms with Crippen LogP contribution >= 0.6 is 0 Å². The summed E-state index contributed by atoms with van der Waals surface area (Å²) in [7, 11) is 0. The Hall–Kier alpha value is -4.08. The number of Topliss-reactive ketones (excluding diaryl/α,β-unsaturated/α-hetero) is 1. The van der Waals surface area contributed by atoms with Gasteiger partial charge in [0.05, 0.1) is 16.6 Å². The number of carbonyl (C=O) groups is 2. The number of H-pyrrole nitrogens is 1. The van der Waals surface area contributed by atoms with E-state index in [1.54, 1.807) is 42.5 Å². The van der Waals surface area contributed by atoms with Crippen molar-refractivity contribution in [3.8, 4) is 11.4 Å². The number of hydrogen-bond acceptors (Lipinski definition) is 3. The maximum Gasteiger partial charge on any atom is 0.251 e. The van der Waals surface area contributed by atoms with Gasteiger partial charge in [0.15, 0.2) is 29.1 Å². The largest absolute Gasteiger partial charge is 0.349 e. The summed E-state index contributed by atoms with van der Waals surface area (Å²) in [6.07, 6.45) is 6.20. The SMILES string of the molecule is O=C(NC1CCCCCC1)c1ccc2nc(-c3ccc(CCC(=O)c4c(F)c(F)c(F)c(F)c4F)cc3)[nH]c2c1. The molecule has 208 valence electrons. The fourth-order valence-corrected chi connectivity index (χ4v) is 5.04. The summed E-state index contributed by atoms with van der Waals surface area (Å²) in [4.78, 5) is 32.9. The van der Waals surface area contributed by atoms with Gasteiger partial charge in [-0.15, -0.1) is 0 Å². The van der Waals surface area contributed by atoms with E-state index in [4.69, 9.17) is 0 Å². The molecule has 1 fully saturated rings. The van der Waals surface area contributed by atoms with E-state index in [1.165, 1.54) is 12.8 Å². The molecule has 0 aliphatic heterocycles. The van der Waals surface area contributed by atoms with Gasteiger partial charge in [0, 0.05) is 23.6 Å². The number of ketones is 1. The molecule has 3 aromatic carbocycles.